The van der Waals surface area contributed by atoms with Gasteiger partial charge in [0.15, 0.2) is 0 Å². The fraction of sp³-hybridized carbons (Fsp3) is 0.200. The molecule has 0 aliphatic heterocycles. The summed E-state index contributed by atoms with van der Waals surface area (Å²) in [5, 5.41) is 0. The van der Waals surface area contributed by atoms with E-state index in [-0.39, 0.29) is 5.41 Å². The number of aromatic amines is 4. The van der Waals surface area contributed by atoms with Crippen molar-refractivity contribution in [1.82, 2.24) is 39.9 Å². The van der Waals surface area contributed by atoms with Gasteiger partial charge in [0.25, 0.3) is 0 Å². The second-order valence-electron chi connectivity index (χ2n) is 8.59. The first-order valence-corrected chi connectivity index (χ1v) is 11.1. The first-order chi connectivity index (χ1) is 16.1. The summed E-state index contributed by atoms with van der Waals surface area (Å²) in [5.74, 6) is 3.48. The molecule has 0 fully saturated rings. The van der Waals surface area contributed by atoms with Crippen molar-refractivity contribution in [3.8, 4) is 22.8 Å². The number of nitrogens with one attached hydrogen (secondary N) is 4. The molecule has 0 saturated carbocycles. The molecular formula is C25H24N8. The van der Waals surface area contributed by atoms with Crippen molar-refractivity contribution in [2.75, 3.05) is 0 Å². The summed E-state index contributed by atoms with van der Waals surface area (Å²) in [6, 6.07) is 12.4. The SMILES string of the molecule is CCCC(C)(c1nc2cc(-c3ncc[nH]3)ccc2[nH]1)c1nc2cc(-c3ncc[nH]3)ccc2[nH]1. The Morgan fingerprint density at radius 1 is 0.758 bits per heavy atom. The van der Waals surface area contributed by atoms with Crippen LogP contribution in [0.15, 0.2) is 61.2 Å². The minimum absolute atomic E-state index is 0.386. The van der Waals surface area contributed by atoms with Crippen LogP contribution in [0.3, 0.4) is 0 Å². The van der Waals surface area contributed by atoms with Crippen LogP contribution in [0.1, 0.15) is 38.3 Å². The van der Waals surface area contributed by atoms with E-state index in [1.807, 2.05) is 12.4 Å². The van der Waals surface area contributed by atoms with Gasteiger partial charge >= 0.3 is 0 Å². The molecule has 4 heterocycles. The van der Waals surface area contributed by atoms with E-state index in [1.165, 1.54) is 0 Å². The number of benzene rings is 2. The highest BCUT2D eigenvalue weighted by molar-refractivity contribution is 5.82. The van der Waals surface area contributed by atoms with Crippen molar-refractivity contribution in [2.24, 2.45) is 0 Å². The topological polar surface area (TPSA) is 115 Å². The van der Waals surface area contributed by atoms with E-state index in [0.29, 0.717) is 0 Å². The van der Waals surface area contributed by atoms with E-state index < -0.39 is 0 Å². The van der Waals surface area contributed by atoms with E-state index in [9.17, 15) is 0 Å². The summed E-state index contributed by atoms with van der Waals surface area (Å²) in [7, 11) is 0. The molecule has 6 aromatic rings. The van der Waals surface area contributed by atoms with Gasteiger partial charge in [0, 0.05) is 35.9 Å². The van der Waals surface area contributed by atoms with Crippen LogP contribution in [0.4, 0.5) is 0 Å². The molecule has 0 unspecified atom stereocenters. The van der Waals surface area contributed by atoms with Gasteiger partial charge in [0.1, 0.15) is 23.3 Å². The van der Waals surface area contributed by atoms with Gasteiger partial charge in [0.2, 0.25) is 0 Å². The Kier molecular flexibility index (Phi) is 4.39. The van der Waals surface area contributed by atoms with Crippen molar-refractivity contribution in [3.05, 3.63) is 72.8 Å². The molecule has 0 saturated heterocycles. The van der Waals surface area contributed by atoms with Gasteiger partial charge in [-0.3, -0.25) is 0 Å². The van der Waals surface area contributed by atoms with Crippen LogP contribution in [0.5, 0.6) is 0 Å². The maximum Gasteiger partial charge on any atom is 0.137 e. The Labute approximate surface area is 190 Å². The molecule has 0 bridgehead atoms. The summed E-state index contributed by atoms with van der Waals surface area (Å²) in [4.78, 5) is 32.2. The average Bonchev–Trinajstić information content (AvgIpc) is 3.63. The molecule has 0 spiro atoms. The molecule has 4 aromatic heterocycles. The monoisotopic (exact) mass is 436 g/mol. The third kappa shape index (κ3) is 3.22. The zero-order valence-corrected chi connectivity index (χ0v) is 18.5. The molecule has 0 atom stereocenters. The lowest BCUT2D eigenvalue weighted by molar-refractivity contribution is 0.464. The fourth-order valence-corrected chi connectivity index (χ4v) is 4.52. The number of H-pyrrole nitrogens is 4. The van der Waals surface area contributed by atoms with Crippen molar-refractivity contribution in [3.63, 3.8) is 0 Å². The molecule has 0 aliphatic rings. The van der Waals surface area contributed by atoms with E-state index in [1.54, 1.807) is 12.4 Å². The van der Waals surface area contributed by atoms with Gasteiger partial charge < -0.3 is 19.9 Å². The highest BCUT2D eigenvalue weighted by Gasteiger charge is 2.35. The second-order valence-corrected chi connectivity index (χ2v) is 8.59. The molecule has 6 rings (SSSR count). The minimum atomic E-state index is -0.386. The summed E-state index contributed by atoms with van der Waals surface area (Å²) in [6.45, 7) is 4.39. The summed E-state index contributed by atoms with van der Waals surface area (Å²) >= 11 is 0. The Balaban J connectivity index is 1.44. The maximum absolute atomic E-state index is 5.01. The highest BCUT2D eigenvalue weighted by atomic mass is 15.0. The molecule has 0 amide bonds. The van der Waals surface area contributed by atoms with Crippen LogP contribution in [0, 0.1) is 0 Å². The van der Waals surface area contributed by atoms with E-state index in [2.05, 4.69) is 80.1 Å². The van der Waals surface area contributed by atoms with E-state index in [0.717, 1.165) is 69.3 Å². The van der Waals surface area contributed by atoms with Crippen LogP contribution in [-0.2, 0) is 5.41 Å². The lowest BCUT2D eigenvalue weighted by Gasteiger charge is -2.24. The number of aromatic nitrogens is 8. The zero-order valence-electron chi connectivity index (χ0n) is 18.5. The first kappa shape index (κ1) is 19.5. The van der Waals surface area contributed by atoms with Gasteiger partial charge in [-0.2, -0.15) is 0 Å². The third-order valence-electron chi connectivity index (χ3n) is 6.30. The van der Waals surface area contributed by atoms with Crippen LogP contribution in [0.25, 0.3) is 44.8 Å². The first-order valence-electron chi connectivity index (χ1n) is 11.1. The van der Waals surface area contributed by atoms with Gasteiger partial charge in [-0.05, 0) is 49.7 Å². The number of hydrogen-bond acceptors (Lipinski definition) is 4. The van der Waals surface area contributed by atoms with Crippen LogP contribution in [-0.4, -0.2) is 39.9 Å². The molecule has 4 N–H and O–H groups in total. The average molecular weight is 437 g/mol. The Morgan fingerprint density at radius 2 is 1.27 bits per heavy atom. The van der Waals surface area contributed by atoms with Crippen LogP contribution in [0.2, 0.25) is 0 Å². The molecule has 0 radical (unpaired) electrons. The Hall–Kier alpha value is -4.20. The van der Waals surface area contributed by atoms with Gasteiger partial charge in [-0.1, -0.05) is 13.3 Å². The summed E-state index contributed by atoms with van der Waals surface area (Å²) in [5.41, 5.74) is 5.46. The van der Waals surface area contributed by atoms with Crippen molar-refractivity contribution in [1.29, 1.82) is 0 Å². The minimum Gasteiger partial charge on any atom is -0.345 e. The van der Waals surface area contributed by atoms with Crippen molar-refractivity contribution >= 4 is 22.1 Å². The summed E-state index contributed by atoms with van der Waals surface area (Å²) in [6.07, 6.45) is 9.07. The summed E-state index contributed by atoms with van der Waals surface area (Å²) < 4.78 is 0. The Bertz CT molecular complexity index is 1420. The maximum atomic E-state index is 5.01. The Morgan fingerprint density at radius 3 is 1.70 bits per heavy atom. The third-order valence-corrected chi connectivity index (χ3v) is 6.30. The number of imidazole rings is 4. The number of rotatable bonds is 6. The van der Waals surface area contributed by atoms with Crippen LogP contribution < -0.4 is 0 Å². The van der Waals surface area contributed by atoms with Crippen LogP contribution >= 0.6 is 0 Å². The van der Waals surface area contributed by atoms with E-state index >= 15 is 0 Å². The molecular weight excluding hydrogens is 412 g/mol. The van der Waals surface area contributed by atoms with E-state index in [4.69, 9.17) is 9.97 Å². The number of nitrogens with zero attached hydrogens (tertiary/aromatic N) is 4. The molecule has 33 heavy (non-hydrogen) atoms. The zero-order chi connectivity index (χ0) is 22.4. The predicted octanol–water partition coefficient (Wildman–Crippen LogP) is 5.33. The lowest BCUT2D eigenvalue weighted by atomic mass is 9.84. The quantitative estimate of drug-likeness (QED) is 0.283. The number of fused-ring (bicyclic) bond motifs is 2. The van der Waals surface area contributed by atoms with Gasteiger partial charge in [-0.15, -0.1) is 0 Å². The van der Waals surface area contributed by atoms with Crippen molar-refractivity contribution in [2.45, 2.75) is 32.1 Å². The molecule has 8 heteroatoms. The molecule has 0 aliphatic carbocycles. The fourth-order valence-electron chi connectivity index (χ4n) is 4.52. The molecule has 2 aromatic carbocycles. The standard InChI is InChI=1S/C25H24N8/c1-3-8-25(2,23-30-17-6-4-15(13-19(17)32-23)21-26-9-10-27-21)24-31-18-7-5-16(14-20(18)33-24)22-28-11-12-29-22/h4-7,9-14H,3,8H2,1-2H3,(H,26,27)(H,28,29)(H,30,32)(H,31,33). The predicted molar refractivity (Wildman–Crippen MR) is 129 cm³/mol. The van der Waals surface area contributed by atoms with Gasteiger partial charge in [0.05, 0.1) is 27.5 Å². The second kappa shape index (κ2) is 7.44. The highest BCUT2D eigenvalue weighted by Crippen LogP contribution is 2.36. The smallest absolute Gasteiger partial charge is 0.137 e. The van der Waals surface area contributed by atoms with Gasteiger partial charge in [-0.25, -0.2) is 19.9 Å². The largest absolute Gasteiger partial charge is 0.345 e. The van der Waals surface area contributed by atoms with Crippen molar-refractivity contribution < 1.29 is 0 Å². The number of hydrogen-bond donors (Lipinski definition) is 4. The lowest BCUT2D eigenvalue weighted by Crippen LogP contribution is -2.26. The normalized spacial score (nSPS) is 12.2. The molecule has 8 nitrogen and oxygen atoms in total. The molecule has 164 valence electrons.